The minimum Gasteiger partial charge on any atom is -0.459 e. The molecule has 1 aromatic rings. The Hall–Kier alpha value is -1.47. The van der Waals surface area contributed by atoms with Crippen molar-refractivity contribution in [3.8, 4) is 0 Å². The van der Waals surface area contributed by atoms with Crippen LogP contribution in [0.3, 0.4) is 0 Å². The quantitative estimate of drug-likeness (QED) is 0.603. The van der Waals surface area contributed by atoms with Crippen LogP contribution in [0, 0.1) is 0 Å². The number of carbonyl (C=O) groups is 1. The van der Waals surface area contributed by atoms with Gasteiger partial charge in [0.05, 0.1) is 18.8 Å². The molecule has 1 aromatic carbocycles. The lowest BCUT2D eigenvalue weighted by Crippen LogP contribution is -2.34. The van der Waals surface area contributed by atoms with Gasteiger partial charge in [-0.3, -0.25) is 0 Å². The monoisotopic (exact) mass is 292 g/mol. The summed E-state index contributed by atoms with van der Waals surface area (Å²) in [5, 5.41) is 0. The van der Waals surface area contributed by atoms with Gasteiger partial charge in [0.1, 0.15) is 31.0 Å². The first-order chi connectivity index (χ1) is 10.3. The highest BCUT2D eigenvalue weighted by molar-refractivity contribution is 5.89. The van der Waals surface area contributed by atoms with Crippen molar-refractivity contribution in [2.45, 2.75) is 30.7 Å². The van der Waals surface area contributed by atoms with Gasteiger partial charge >= 0.3 is 5.97 Å². The molecule has 3 saturated heterocycles. The van der Waals surface area contributed by atoms with Crippen molar-refractivity contribution in [1.82, 2.24) is 0 Å². The molecule has 0 aromatic heterocycles. The molecule has 0 amide bonds. The van der Waals surface area contributed by atoms with E-state index in [0.29, 0.717) is 18.8 Å². The minimum atomic E-state index is -0.366. The molecule has 4 atom stereocenters. The molecule has 3 fully saturated rings. The molecule has 0 aliphatic carbocycles. The summed E-state index contributed by atoms with van der Waals surface area (Å²) in [6, 6.07) is 8.89. The summed E-state index contributed by atoms with van der Waals surface area (Å²) in [5.41, 5.74) is 0.530. The van der Waals surface area contributed by atoms with Crippen LogP contribution in [0.25, 0.3) is 0 Å². The molecule has 0 N–H and O–H groups in total. The van der Waals surface area contributed by atoms with E-state index in [1.54, 1.807) is 24.3 Å². The van der Waals surface area contributed by atoms with E-state index in [9.17, 15) is 4.79 Å². The summed E-state index contributed by atoms with van der Waals surface area (Å²) in [6.45, 7) is 1.34. The average Bonchev–Trinajstić information content (AvgIpc) is 2.98. The molecule has 3 heterocycles. The highest BCUT2D eigenvalue weighted by atomic mass is 16.8. The summed E-state index contributed by atoms with van der Waals surface area (Å²) < 4.78 is 27.6. The summed E-state index contributed by atoms with van der Waals surface area (Å²) in [7, 11) is 0. The molecule has 0 saturated carbocycles. The largest absolute Gasteiger partial charge is 0.459 e. The van der Waals surface area contributed by atoms with E-state index in [1.165, 1.54) is 0 Å². The van der Waals surface area contributed by atoms with E-state index in [1.807, 2.05) is 6.07 Å². The van der Waals surface area contributed by atoms with Gasteiger partial charge in [-0.15, -0.1) is 0 Å². The first-order valence-corrected chi connectivity index (χ1v) is 7.09. The molecule has 3 aliphatic heterocycles. The van der Waals surface area contributed by atoms with Crippen molar-refractivity contribution in [2.24, 2.45) is 0 Å². The van der Waals surface area contributed by atoms with E-state index in [4.69, 9.17) is 23.7 Å². The highest BCUT2D eigenvalue weighted by Gasteiger charge is 2.61. The summed E-state index contributed by atoms with van der Waals surface area (Å²) in [5.74, 6) is -0.354. The van der Waals surface area contributed by atoms with Crippen LogP contribution >= 0.6 is 0 Å². The van der Waals surface area contributed by atoms with Gasteiger partial charge in [-0.2, -0.15) is 0 Å². The summed E-state index contributed by atoms with van der Waals surface area (Å²) >= 11 is 0. The van der Waals surface area contributed by atoms with Crippen molar-refractivity contribution in [2.75, 3.05) is 19.8 Å². The number of hydrogen-bond donors (Lipinski definition) is 0. The predicted octanol–water partition coefficient (Wildman–Crippen LogP) is 0.751. The van der Waals surface area contributed by atoms with Crippen molar-refractivity contribution >= 4 is 5.97 Å². The maximum Gasteiger partial charge on any atom is 0.338 e. The van der Waals surface area contributed by atoms with Crippen LogP contribution in [-0.4, -0.2) is 56.5 Å². The zero-order chi connectivity index (χ0) is 14.2. The molecule has 4 rings (SSSR count). The Morgan fingerprint density at radius 3 is 2.57 bits per heavy atom. The third kappa shape index (κ3) is 2.55. The fourth-order valence-electron chi connectivity index (χ4n) is 2.79. The smallest absolute Gasteiger partial charge is 0.338 e. The van der Waals surface area contributed by atoms with E-state index in [2.05, 4.69) is 0 Å². The molecule has 0 spiro atoms. The van der Waals surface area contributed by atoms with Crippen LogP contribution < -0.4 is 0 Å². The lowest BCUT2D eigenvalue weighted by molar-refractivity contribution is -0.169. The number of epoxide rings is 1. The average molecular weight is 292 g/mol. The van der Waals surface area contributed by atoms with Crippen LogP contribution in [0.15, 0.2) is 30.3 Å². The molecule has 21 heavy (non-hydrogen) atoms. The zero-order valence-corrected chi connectivity index (χ0v) is 11.3. The van der Waals surface area contributed by atoms with Crippen molar-refractivity contribution in [3.05, 3.63) is 35.9 Å². The van der Waals surface area contributed by atoms with Gasteiger partial charge in [0, 0.05) is 0 Å². The van der Waals surface area contributed by atoms with Crippen LogP contribution in [0.2, 0.25) is 0 Å². The fourth-order valence-corrected chi connectivity index (χ4v) is 2.79. The fraction of sp³-hybridized carbons (Fsp3) is 0.533. The lowest BCUT2D eigenvalue weighted by atomic mass is 10.2. The molecule has 0 bridgehead atoms. The molecule has 0 unspecified atom stereocenters. The Balaban J connectivity index is 1.31. The topological polar surface area (TPSA) is 66.5 Å². The van der Waals surface area contributed by atoms with Crippen molar-refractivity contribution < 1.29 is 28.5 Å². The highest BCUT2D eigenvalue weighted by Crippen LogP contribution is 2.42. The molecule has 6 nitrogen and oxygen atoms in total. The third-order valence-electron chi connectivity index (χ3n) is 3.89. The molecular formula is C15H16O6. The van der Waals surface area contributed by atoms with Gasteiger partial charge in [0.25, 0.3) is 0 Å². The molecule has 6 heteroatoms. The first-order valence-electron chi connectivity index (χ1n) is 7.09. The van der Waals surface area contributed by atoms with E-state index in [-0.39, 0.29) is 43.3 Å². The van der Waals surface area contributed by atoms with Crippen molar-refractivity contribution in [1.29, 1.82) is 0 Å². The van der Waals surface area contributed by atoms with Crippen LogP contribution in [0.4, 0.5) is 0 Å². The Bertz CT molecular complexity index is 512. The second-order valence-electron chi connectivity index (χ2n) is 5.28. The number of benzene rings is 1. The number of fused-ring (bicyclic) bond motifs is 1. The maximum absolute atomic E-state index is 11.9. The van der Waals surface area contributed by atoms with Gasteiger partial charge in [-0.1, -0.05) is 18.2 Å². The Labute approximate surface area is 121 Å². The van der Waals surface area contributed by atoms with Gasteiger partial charge < -0.3 is 23.7 Å². The normalized spacial score (nSPS) is 34.7. The van der Waals surface area contributed by atoms with Gasteiger partial charge in [0.2, 0.25) is 0 Å². The first kappa shape index (κ1) is 13.2. The maximum atomic E-state index is 11.9. The molecule has 3 aliphatic rings. The minimum absolute atomic E-state index is 0.00599. The second kappa shape index (κ2) is 5.38. The zero-order valence-electron chi connectivity index (χ0n) is 11.3. The van der Waals surface area contributed by atoms with Crippen LogP contribution in [0.5, 0.6) is 0 Å². The van der Waals surface area contributed by atoms with Gasteiger partial charge in [0.15, 0.2) is 6.29 Å². The van der Waals surface area contributed by atoms with E-state index < -0.39 is 0 Å². The van der Waals surface area contributed by atoms with Gasteiger partial charge in [-0.05, 0) is 12.1 Å². The van der Waals surface area contributed by atoms with E-state index in [0.717, 1.165) is 0 Å². The number of carbonyl (C=O) groups excluding carboxylic acids is 1. The Morgan fingerprint density at radius 2 is 1.81 bits per heavy atom. The third-order valence-corrected chi connectivity index (χ3v) is 3.89. The number of esters is 1. The van der Waals surface area contributed by atoms with E-state index >= 15 is 0 Å². The number of hydrogen-bond acceptors (Lipinski definition) is 6. The SMILES string of the molecule is O=C(OC[C@H]1O[C@@H](C2OCCO2)[C@@H]2O[C@@H]21)c1ccccc1. The predicted molar refractivity (Wildman–Crippen MR) is 69.7 cm³/mol. The van der Waals surface area contributed by atoms with Crippen molar-refractivity contribution in [3.63, 3.8) is 0 Å². The Morgan fingerprint density at radius 1 is 1.05 bits per heavy atom. The Kier molecular flexibility index (Phi) is 3.39. The molecule has 0 radical (unpaired) electrons. The summed E-state index contributed by atoms with van der Waals surface area (Å²) in [4.78, 5) is 11.9. The number of ether oxygens (including phenoxy) is 5. The summed E-state index contributed by atoms with van der Waals surface area (Å²) in [6.07, 6.45) is -0.867. The lowest BCUT2D eigenvalue weighted by Gasteiger charge is -2.21. The second-order valence-corrected chi connectivity index (χ2v) is 5.28. The molecule has 112 valence electrons. The molecular weight excluding hydrogens is 276 g/mol. The van der Waals surface area contributed by atoms with Gasteiger partial charge in [-0.25, -0.2) is 4.79 Å². The standard InChI is InChI=1S/C15H16O6/c16-14(9-4-2-1-3-5-9)19-8-10-11-12(21-11)13(20-10)15-17-6-7-18-15/h1-5,10-13,15H,6-8H2/t10-,11-,12-,13-/m1/s1. The van der Waals surface area contributed by atoms with Crippen LogP contribution in [-0.2, 0) is 23.7 Å². The van der Waals surface area contributed by atoms with Crippen LogP contribution in [0.1, 0.15) is 10.4 Å². The number of rotatable bonds is 4.